The van der Waals surface area contributed by atoms with E-state index in [-0.39, 0.29) is 12.1 Å². The number of hydrogen-bond acceptors (Lipinski definition) is 5. The summed E-state index contributed by atoms with van der Waals surface area (Å²) in [6.45, 7) is 11.3. The van der Waals surface area contributed by atoms with Gasteiger partial charge in [-0.1, -0.05) is 0 Å². The third kappa shape index (κ3) is 10.2. The zero-order chi connectivity index (χ0) is 19.3. The predicted octanol–water partition coefficient (Wildman–Crippen LogP) is 2.92. The monoisotopic (exact) mass is 357 g/mol. The zero-order valence-corrected chi connectivity index (χ0v) is 16.5. The van der Waals surface area contributed by atoms with E-state index in [1.165, 1.54) is 0 Å². The summed E-state index contributed by atoms with van der Waals surface area (Å²) in [4.78, 5) is 23.9. The third-order valence-electron chi connectivity index (χ3n) is 3.72. The van der Waals surface area contributed by atoms with E-state index in [9.17, 15) is 9.59 Å². The molecule has 7 nitrogen and oxygen atoms in total. The van der Waals surface area contributed by atoms with Crippen molar-refractivity contribution in [2.45, 2.75) is 90.5 Å². The summed E-state index contributed by atoms with van der Waals surface area (Å²) in [5.74, 6) is 0.479. The van der Waals surface area contributed by atoms with Gasteiger partial charge in [-0.05, 0) is 73.1 Å². The van der Waals surface area contributed by atoms with E-state index in [1.807, 2.05) is 41.5 Å². The van der Waals surface area contributed by atoms with Crippen LogP contribution in [0.15, 0.2) is 0 Å². The van der Waals surface area contributed by atoms with Crippen LogP contribution >= 0.6 is 0 Å². The van der Waals surface area contributed by atoms with E-state index < -0.39 is 23.4 Å². The molecule has 0 saturated heterocycles. The SMILES string of the molecule is CC(C)(C)OC(=O)NC(CC[C@@H](CN)NC(=O)OC(C)(C)C)C1CC1. The summed E-state index contributed by atoms with van der Waals surface area (Å²) in [5.41, 5.74) is 4.70. The maximum absolute atomic E-state index is 12.0. The number of hydrogen-bond donors (Lipinski definition) is 3. The lowest BCUT2D eigenvalue weighted by atomic mass is 10.0. The summed E-state index contributed by atoms with van der Waals surface area (Å²) in [6.07, 6.45) is 2.76. The fourth-order valence-electron chi connectivity index (χ4n) is 2.49. The number of nitrogens with two attached hydrogens (primary N) is 1. The number of nitrogens with one attached hydrogen (secondary N) is 2. The van der Waals surface area contributed by atoms with E-state index in [0.717, 1.165) is 19.3 Å². The van der Waals surface area contributed by atoms with Crippen LogP contribution in [0.2, 0.25) is 0 Å². The van der Waals surface area contributed by atoms with Crippen molar-refractivity contribution in [2.75, 3.05) is 6.54 Å². The first-order chi connectivity index (χ1) is 11.4. The van der Waals surface area contributed by atoms with Crippen LogP contribution in [-0.4, -0.2) is 42.0 Å². The van der Waals surface area contributed by atoms with Gasteiger partial charge >= 0.3 is 12.2 Å². The van der Waals surface area contributed by atoms with Gasteiger partial charge in [0, 0.05) is 18.6 Å². The van der Waals surface area contributed by atoms with Crippen LogP contribution in [0.4, 0.5) is 9.59 Å². The zero-order valence-electron chi connectivity index (χ0n) is 16.5. The molecule has 0 spiro atoms. The van der Waals surface area contributed by atoms with Gasteiger partial charge in [0.05, 0.1) is 0 Å². The largest absolute Gasteiger partial charge is 0.444 e. The quantitative estimate of drug-likeness (QED) is 0.650. The molecule has 25 heavy (non-hydrogen) atoms. The molecule has 0 radical (unpaired) electrons. The maximum Gasteiger partial charge on any atom is 0.407 e. The van der Waals surface area contributed by atoms with E-state index >= 15 is 0 Å². The molecule has 1 rings (SSSR count). The first kappa shape index (κ1) is 21.5. The van der Waals surface area contributed by atoms with E-state index in [4.69, 9.17) is 15.2 Å². The van der Waals surface area contributed by atoms with Crippen LogP contribution in [0.25, 0.3) is 0 Å². The Hall–Kier alpha value is -1.50. The smallest absolute Gasteiger partial charge is 0.407 e. The van der Waals surface area contributed by atoms with Crippen molar-refractivity contribution in [1.82, 2.24) is 10.6 Å². The Morgan fingerprint density at radius 2 is 1.44 bits per heavy atom. The third-order valence-corrected chi connectivity index (χ3v) is 3.72. The van der Waals surface area contributed by atoms with Crippen LogP contribution in [0, 0.1) is 5.92 Å². The van der Waals surface area contributed by atoms with Gasteiger partial charge in [-0.2, -0.15) is 0 Å². The van der Waals surface area contributed by atoms with Gasteiger partial charge in [-0.3, -0.25) is 0 Å². The van der Waals surface area contributed by atoms with Crippen LogP contribution in [0.5, 0.6) is 0 Å². The lowest BCUT2D eigenvalue weighted by Gasteiger charge is -2.26. The van der Waals surface area contributed by atoms with Gasteiger partial charge in [-0.25, -0.2) is 9.59 Å². The van der Waals surface area contributed by atoms with Crippen molar-refractivity contribution in [2.24, 2.45) is 11.7 Å². The predicted molar refractivity (Wildman–Crippen MR) is 97.3 cm³/mol. The van der Waals surface area contributed by atoms with Crippen LogP contribution < -0.4 is 16.4 Å². The fourth-order valence-corrected chi connectivity index (χ4v) is 2.49. The normalized spacial score (nSPS) is 17.4. The Morgan fingerprint density at radius 1 is 0.960 bits per heavy atom. The van der Waals surface area contributed by atoms with Gasteiger partial charge in [0.1, 0.15) is 11.2 Å². The van der Waals surface area contributed by atoms with E-state index in [0.29, 0.717) is 18.9 Å². The average Bonchev–Trinajstić information content (AvgIpc) is 3.21. The summed E-state index contributed by atoms with van der Waals surface area (Å²) >= 11 is 0. The van der Waals surface area contributed by atoms with Gasteiger partial charge in [-0.15, -0.1) is 0 Å². The second kappa shape index (κ2) is 8.74. The second-order valence-electron chi connectivity index (χ2n) is 8.75. The Kier molecular flexibility index (Phi) is 7.53. The molecule has 0 aromatic carbocycles. The van der Waals surface area contributed by atoms with Gasteiger partial charge in [0.15, 0.2) is 0 Å². The topological polar surface area (TPSA) is 103 Å². The number of ether oxygens (including phenoxy) is 2. The molecule has 0 aliphatic heterocycles. The Balaban J connectivity index is 2.46. The molecule has 1 fully saturated rings. The highest BCUT2D eigenvalue weighted by Gasteiger charge is 2.33. The van der Waals surface area contributed by atoms with Crippen molar-refractivity contribution >= 4 is 12.2 Å². The Bertz CT molecular complexity index is 450. The van der Waals surface area contributed by atoms with Crippen LogP contribution in [0.1, 0.15) is 67.2 Å². The highest BCUT2D eigenvalue weighted by Crippen LogP contribution is 2.34. The van der Waals surface area contributed by atoms with E-state index in [1.54, 1.807) is 0 Å². The molecule has 146 valence electrons. The minimum atomic E-state index is -0.544. The lowest BCUT2D eigenvalue weighted by Crippen LogP contribution is -2.45. The molecule has 2 amide bonds. The maximum atomic E-state index is 12.0. The molecule has 2 atom stereocenters. The van der Waals surface area contributed by atoms with Crippen molar-refractivity contribution in [3.8, 4) is 0 Å². The number of carbonyl (C=O) groups is 2. The summed E-state index contributed by atoms with van der Waals surface area (Å²) < 4.78 is 10.6. The molecule has 1 unspecified atom stereocenters. The molecule has 1 aliphatic carbocycles. The molecule has 1 aliphatic rings. The summed E-state index contributed by atoms with van der Waals surface area (Å²) in [7, 11) is 0. The molecule has 0 aromatic rings. The Morgan fingerprint density at radius 3 is 1.84 bits per heavy atom. The standard InChI is InChI=1S/C18H35N3O4/c1-17(2,3)24-15(22)20-13(11-19)9-10-14(12-7-8-12)21-16(23)25-18(4,5)6/h12-14H,7-11,19H2,1-6H3,(H,20,22)(H,21,23)/t13-,14?/m0/s1. The second-order valence-corrected chi connectivity index (χ2v) is 8.75. The lowest BCUT2D eigenvalue weighted by molar-refractivity contribution is 0.0471. The highest BCUT2D eigenvalue weighted by atomic mass is 16.6. The molecular formula is C18H35N3O4. The number of rotatable bonds is 7. The molecule has 0 aromatic heterocycles. The summed E-state index contributed by atoms with van der Waals surface area (Å²) in [6, 6.07) is -0.138. The summed E-state index contributed by atoms with van der Waals surface area (Å²) in [5, 5.41) is 5.76. The Labute approximate surface area is 151 Å². The van der Waals surface area contributed by atoms with Crippen LogP contribution in [-0.2, 0) is 9.47 Å². The first-order valence-corrected chi connectivity index (χ1v) is 9.08. The van der Waals surface area contributed by atoms with Crippen molar-refractivity contribution < 1.29 is 19.1 Å². The minimum absolute atomic E-state index is 0.0457. The molecule has 0 bridgehead atoms. The fraction of sp³-hybridized carbons (Fsp3) is 0.889. The number of amides is 2. The van der Waals surface area contributed by atoms with Crippen molar-refractivity contribution in [3.05, 3.63) is 0 Å². The van der Waals surface area contributed by atoms with Gasteiger partial charge in [0.25, 0.3) is 0 Å². The molecular weight excluding hydrogens is 322 g/mol. The van der Waals surface area contributed by atoms with Gasteiger partial charge in [0.2, 0.25) is 0 Å². The van der Waals surface area contributed by atoms with Crippen molar-refractivity contribution in [3.63, 3.8) is 0 Å². The molecule has 4 N–H and O–H groups in total. The minimum Gasteiger partial charge on any atom is -0.444 e. The molecule has 0 heterocycles. The number of alkyl carbamates (subject to hydrolysis) is 2. The van der Waals surface area contributed by atoms with Crippen LogP contribution in [0.3, 0.4) is 0 Å². The molecule has 1 saturated carbocycles. The first-order valence-electron chi connectivity index (χ1n) is 9.08. The highest BCUT2D eigenvalue weighted by molar-refractivity contribution is 5.68. The van der Waals surface area contributed by atoms with Gasteiger partial charge < -0.3 is 25.8 Å². The van der Waals surface area contributed by atoms with Crippen molar-refractivity contribution in [1.29, 1.82) is 0 Å². The van der Waals surface area contributed by atoms with E-state index in [2.05, 4.69) is 10.6 Å². The average molecular weight is 357 g/mol. The molecule has 7 heteroatoms. The number of carbonyl (C=O) groups excluding carboxylic acids is 2.